The standard InChI is InChI=1S/C18H21N3O2S/c1-13-15(11-19-20(13)2)17(22)21-7-5-18(6-8-21)10-14(12-23-18)16-4-3-9-24-16/h3-4,9,11-12H,5-8,10H2,1-2H3. The number of rotatable bonds is 2. The number of aryl methyl sites for hydroxylation is 1. The Morgan fingerprint density at radius 3 is 2.79 bits per heavy atom. The van der Waals surface area contributed by atoms with E-state index in [9.17, 15) is 4.79 Å². The molecule has 4 heterocycles. The molecule has 5 nitrogen and oxygen atoms in total. The normalized spacial score (nSPS) is 19.4. The quantitative estimate of drug-likeness (QED) is 0.841. The third kappa shape index (κ3) is 2.55. The predicted octanol–water partition coefficient (Wildman–Crippen LogP) is 3.23. The lowest BCUT2D eigenvalue weighted by Gasteiger charge is -2.38. The summed E-state index contributed by atoms with van der Waals surface area (Å²) in [5.74, 6) is 0.0832. The van der Waals surface area contributed by atoms with Gasteiger partial charge in [0.25, 0.3) is 5.91 Å². The van der Waals surface area contributed by atoms with Gasteiger partial charge in [-0.2, -0.15) is 5.10 Å². The summed E-state index contributed by atoms with van der Waals surface area (Å²) in [6, 6.07) is 4.21. The zero-order valence-electron chi connectivity index (χ0n) is 14.0. The molecule has 2 aliphatic heterocycles. The lowest BCUT2D eigenvalue weighted by molar-refractivity contribution is -0.0112. The molecular formula is C18H21N3O2S. The molecule has 0 bridgehead atoms. The van der Waals surface area contributed by atoms with Crippen LogP contribution in [0.4, 0.5) is 0 Å². The Morgan fingerprint density at radius 1 is 1.38 bits per heavy atom. The molecule has 126 valence electrons. The molecular weight excluding hydrogens is 322 g/mol. The lowest BCUT2D eigenvalue weighted by atomic mass is 9.86. The average Bonchev–Trinajstić information content (AvgIpc) is 3.31. The maximum atomic E-state index is 12.7. The first-order valence-corrected chi connectivity index (χ1v) is 9.15. The van der Waals surface area contributed by atoms with Gasteiger partial charge in [-0.1, -0.05) is 6.07 Å². The molecule has 0 N–H and O–H groups in total. The zero-order chi connectivity index (χ0) is 16.7. The number of carbonyl (C=O) groups is 1. The summed E-state index contributed by atoms with van der Waals surface area (Å²) in [4.78, 5) is 15.9. The Hall–Kier alpha value is -2.08. The summed E-state index contributed by atoms with van der Waals surface area (Å²) >= 11 is 1.75. The van der Waals surface area contributed by atoms with Gasteiger partial charge in [0, 0.05) is 55.5 Å². The molecule has 0 atom stereocenters. The Morgan fingerprint density at radius 2 is 2.17 bits per heavy atom. The Labute approximate surface area is 145 Å². The average molecular weight is 343 g/mol. The lowest BCUT2D eigenvalue weighted by Crippen LogP contribution is -2.46. The van der Waals surface area contributed by atoms with Crippen molar-refractivity contribution in [2.45, 2.75) is 31.8 Å². The van der Waals surface area contributed by atoms with Gasteiger partial charge in [-0.3, -0.25) is 9.48 Å². The molecule has 1 fully saturated rings. The van der Waals surface area contributed by atoms with Gasteiger partial charge in [-0.05, 0) is 18.4 Å². The summed E-state index contributed by atoms with van der Waals surface area (Å²) in [6.45, 7) is 3.40. The molecule has 4 rings (SSSR count). The molecule has 2 aromatic heterocycles. The summed E-state index contributed by atoms with van der Waals surface area (Å²) in [5, 5.41) is 6.27. The number of carbonyl (C=O) groups excluding carboxylic acids is 1. The highest BCUT2D eigenvalue weighted by Crippen LogP contribution is 2.42. The van der Waals surface area contributed by atoms with Crippen LogP contribution in [-0.2, 0) is 11.8 Å². The van der Waals surface area contributed by atoms with Crippen molar-refractivity contribution in [1.29, 1.82) is 0 Å². The van der Waals surface area contributed by atoms with E-state index in [4.69, 9.17) is 4.74 Å². The molecule has 0 aromatic carbocycles. The second-order valence-corrected chi connectivity index (χ2v) is 7.61. The van der Waals surface area contributed by atoms with Crippen LogP contribution in [0.3, 0.4) is 0 Å². The minimum absolute atomic E-state index is 0.0832. The van der Waals surface area contributed by atoms with Gasteiger partial charge in [0.1, 0.15) is 5.60 Å². The Bertz CT molecular complexity index is 783. The van der Waals surface area contributed by atoms with E-state index in [-0.39, 0.29) is 11.5 Å². The summed E-state index contributed by atoms with van der Waals surface area (Å²) in [6.07, 6.45) is 6.30. The molecule has 24 heavy (non-hydrogen) atoms. The van der Waals surface area contributed by atoms with Gasteiger partial charge < -0.3 is 9.64 Å². The van der Waals surface area contributed by atoms with E-state index in [1.165, 1.54) is 10.5 Å². The van der Waals surface area contributed by atoms with E-state index in [1.54, 1.807) is 22.2 Å². The number of nitrogens with zero attached hydrogens (tertiary/aromatic N) is 3. The predicted molar refractivity (Wildman–Crippen MR) is 93.8 cm³/mol. The first-order chi connectivity index (χ1) is 11.6. The summed E-state index contributed by atoms with van der Waals surface area (Å²) < 4.78 is 7.82. The van der Waals surface area contributed by atoms with Gasteiger partial charge in [0.15, 0.2) is 0 Å². The van der Waals surface area contributed by atoms with Crippen LogP contribution < -0.4 is 0 Å². The zero-order valence-corrected chi connectivity index (χ0v) is 14.8. The molecule has 0 aliphatic carbocycles. The van der Waals surface area contributed by atoms with Crippen LogP contribution in [0.2, 0.25) is 0 Å². The van der Waals surface area contributed by atoms with Crippen molar-refractivity contribution in [2.24, 2.45) is 7.05 Å². The highest BCUT2D eigenvalue weighted by molar-refractivity contribution is 7.11. The number of likely N-dealkylation sites (tertiary alicyclic amines) is 1. The van der Waals surface area contributed by atoms with E-state index in [2.05, 4.69) is 22.6 Å². The molecule has 6 heteroatoms. The Balaban J connectivity index is 1.41. The fourth-order valence-corrected chi connectivity index (χ4v) is 4.26. The number of hydrogen-bond acceptors (Lipinski definition) is 4. The molecule has 1 spiro atoms. The van der Waals surface area contributed by atoms with E-state index in [1.807, 2.05) is 25.1 Å². The van der Waals surface area contributed by atoms with Crippen LogP contribution in [0.15, 0.2) is 30.0 Å². The van der Waals surface area contributed by atoms with Crippen LogP contribution >= 0.6 is 11.3 Å². The van der Waals surface area contributed by atoms with Crippen LogP contribution in [-0.4, -0.2) is 39.3 Å². The minimum Gasteiger partial charge on any atom is -0.494 e. The van der Waals surface area contributed by atoms with Crippen molar-refractivity contribution in [3.05, 3.63) is 46.1 Å². The molecule has 0 radical (unpaired) electrons. The van der Waals surface area contributed by atoms with Crippen LogP contribution in [0.25, 0.3) is 5.57 Å². The van der Waals surface area contributed by atoms with Crippen molar-refractivity contribution in [3.8, 4) is 0 Å². The highest BCUT2D eigenvalue weighted by Gasteiger charge is 2.41. The molecule has 1 saturated heterocycles. The first-order valence-electron chi connectivity index (χ1n) is 8.27. The minimum atomic E-state index is -0.125. The van der Waals surface area contributed by atoms with E-state index < -0.39 is 0 Å². The van der Waals surface area contributed by atoms with Gasteiger partial charge in [0.2, 0.25) is 0 Å². The Kier molecular flexibility index (Phi) is 3.72. The molecule has 2 aromatic rings. The monoisotopic (exact) mass is 343 g/mol. The van der Waals surface area contributed by atoms with E-state index >= 15 is 0 Å². The largest absolute Gasteiger partial charge is 0.494 e. The van der Waals surface area contributed by atoms with Crippen LogP contribution in [0, 0.1) is 6.92 Å². The number of aromatic nitrogens is 2. The third-order valence-corrected chi connectivity index (χ3v) is 6.17. The number of thiophene rings is 1. The van der Waals surface area contributed by atoms with Crippen LogP contribution in [0.5, 0.6) is 0 Å². The van der Waals surface area contributed by atoms with E-state index in [0.29, 0.717) is 5.56 Å². The molecule has 0 unspecified atom stereocenters. The highest BCUT2D eigenvalue weighted by atomic mass is 32.1. The molecule has 2 aliphatic rings. The van der Waals surface area contributed by atoms with Gasteiger partial charge in [-0.25, -0.2) is 0 Å². The third-order valence-electron chi connectivity index (χ3n) is 5.23. The summed E-state index contributed by atoms with van der Waals surface area (Å²) in [7, 11) is 1.86. The number of ether oxygens (including phenoxy) is 1. The summed E-state index contributed by atoms with van der Waals surface area (Å²) in [5.41, 5.74) is 2.78. The SMILES string of the molecule is Cc1c(C(=O)N2CCC3(CC2)CC(c2cccs2)=CO3)cnn1C. The van der Waals surface area contributed by atoms with Gasteiger partial charge in [0.05, 0.1) is 18.0 Å². The number of amides is 1. The van der Waals surface area contributed by atoms with Crippen molar-refractivity contribution < 1.29 is 9.53 Å². The van der Waals surface area contributed by atoms with Crippen molar-refractivity contribution in [2.75, 3.05) is 13.1 Å². The van der Waals surface area contributed by atoms with Gasteiger partial charge in [-0.15, -0.1) is 11.3 Å². The van der Waals surface area contributed by atoms with Crippen molar-refractivity contribution in [1.82, 2.24) is 14.7 Å². The maximum absolute atomic E-state index is 12.7. The first kappa shape index (κ1) is 15.4. The second kappa shape index (κ2) is 5.77. The van der Waals surface area contributed by atoms with Crippen molar-refractivity contribution >= 4 is 22.8 Å². The molecule has 0 saturated carbocycles. The van der Waals surface area contributed by atoms with E-state index in [0.717, 1.165) is 38.0 Å². The fraction of sp³-hybridized carbons (Fsp3) is 0.444. The van der Waals surface area contributed by atoms with Crippen molar-refractivity contribution in [3.63, 3.8) is 0 Å². The fourth-order valence-electron chi connectivity index (χ4n) is 3.52. The second-order valence-electron chi connectivity index (χ2n) is 6.66. The molecule has 1 amide bonds. The number of hydrogen-bond donors (Lipinski definition) is 0. The smallest absolute Gasteiger partial charge is 0.257 e. The maximum Gasteiger partial charge on any atom is 0.257 e. The van der Waals surface area contributed by atoms with Gasteiger partial charge >= 0.3 is 0 Å². The topological polar surface area (TPSA) is 47.4 Å². The van der Waals surface area contributed by atoms with Crippen LogP contribution in [0.1, 0.15) is 40.2 Å². The number of piperidine rings is 1.